The molecule has 0 aliphatic carbocycles. The van der Waals surface area contributed by atoms with Crippen LogP contribution in [0.4, 0.5) is 0 Å². The lowest BCUT2D eigenvalue weighted by molar-refractivity contribution is 0.0900. The van der Waals surface area contributed by atoms with E-state index in [1.54, 1.807) is 0 Å². The number of hydrogen-bond donors (Lipinski definition) is 2. The average molecular weight is 366 g/mol. The second-order valence-electron chi connectivity index (χ2n) is 7.09. The van der Waals surface area contributed by atoms with Crippen molar-refractivity contribution in [1.29, 1.82) is 0 Å². The molecule has 25 heavy (non-hydrogen) atoms. The molecule has 5 nitrogen and oxygen atoms in total. The Balaban J connectivity index is 1.85. The van der Waals surface area contributed by atoms with E-state index in [0.717, 1.165) is 49.3 Å². The summed E-state index contributed by atoms with van der Waals surface area (Å²) in [5, 5.41) is 7.63. The van der Waals surface area contributed by atoms with Crippen LogP contribution < -0.4 is 10.6 Å². The first-order chi connectivity index (χ1) is 12.0. The first-order valence-corrected chi connectivity index (χ1v) is 9.49. The molecule has 1 aliphatic heterocycles. The van der Waals surface area contributed by atoms with Crippen LogP contribution in [0.2, 0.25) is 5.02 Å². The number of nitrogens with zero attached hydrogens (tertiary/aromatic N) is 3. The molecule has 1 aliphatic rings. The summed E-state index contributed by atoms with van der Waals surface area (Å²) < 4.78 is 0. The number of hydrogen-bond acceptors (Lipinski definition) is 3. The Labute approximate surface area is 157 Å². The van der Waals surface area contributed by atoms with Crippen LogP contribution in [0.5, 0.6) is 0 Å². The predicted molar refractivity (Wildman–Crippen MR) is 107 cm³/mol. The Bertz CT molecular complexity index is 553. The Morgan fingerprint density at radius 1 is 1.20 bits per heavy atom. The molecule has 1 aromatic carbocycles. The summed E-state index contributed by atoms with van der Waals surface area (Å²) in [5.74, 6) is 1.43. The number of nitrogens with one attached hydrogen (secondary N) is 2. The van der Waals surface area contributed by atoms with Crippen LogP contribution in [0.25, 0.3) is 0 Å². The molecule has 0 amide bonds. The lowest BCUT2D eigenvalue weighted by atomic mass is 10.0. The molecule has 0 bridgehead atoms. The average Bonchev–Trinajstić information content (AvgIpc) is 2.59. The zero-order valence-electron chi connectivity index (χ0n) is 15.9. The number of guanidine groups is 1. The van der Waals surface area contributed by atoms with Crippen molar-refractivity contribution in [3.8, 4) is 0 Å². The fraction of sp³-hybridized carbons (Fsp3) is 0.632. The van der Waals surface area contributed by atoms with Crippen molar-refractivity contribution in [2.75, 3.05) is 46.8 Å². The summed E-state index contributed by atoms with van der Waals surface area (Å²) in [6, 6.07) is 8.41. The van der Waals surface area contributed by atoms with Gasteiger partial charge in [-0.1, -0.05) is 37.6 Å². The fourth-order valence-corrected chi connectivity index (χ4v) is 3.41. The molecule has 0 aromatic heterocycles. The molecule has 1 unspecified atom stereocenters. The van der Waals surface area contributed by atoms with Crippen LogP contribution in [0.15, 0.2) is 29.3 Å². The minimum Gasteiger partial charge on any atom is -0.355 e. The minimum atomic E-state index is 0.512. The lowest BCUT2D eigenvalue weighted by Crippen LogP contribution is -2.55. The number of likely N-dealkylation sites (N-methyl/N-ethyl adjacent to an activating group) is 1. The Kier molecular flexibility index (Phi) is 8.00. The van der Waals surface area contributed by atoms with Gasteiger partial charge < -0.3 is 15.5 Å². The van der Waals surface area contributed by atoms with Crippen LogP contribution in [-0.2, 0) is 6.54 Å². The summed E-state index contributed by atoms with van der Waals surface area (Å²) in [4.78, 5) is 9.34. The molecule has 0 radical (unpaired) electrons. The normalized spacial score (nSPS) is 18.4. The van der Waals surface area contributed by atoms with Crippen molar-refractivity contribution in [3.63, 3.8) is 0 Å². The highest BCUT2D eigenvalue weighted by Crippen LogP contribution is 2.13. The van der Waals surface area contributed by atoms with Gasteiger partial charge in [0.05, 0.1) is 0 Å². The predicted octanol–water partition coefficient (Wildman–Crippen LogP) is 2.28. The van der Waals surface area contributed by atoms with Crippen molar-refractivity contribution < 1.29 is 0 Å². The molecule has 0 saturated carbocycles. The maximum atomic E-state index is 6.05. The second kappa shape index (κ2) is 10.00. The molecule has 2 N–H and O–H groups in total. The molecule has 1 aromatic rings. The molecule has 1 saturated heterocycles. The maximum absolute atomic E-state index is 6.05. The van der Waals surface area contributed by atoms with Gasteiger partial charge in [0.15, 0.2) is 5.96 Å². The summed E-state index contributed by atoms with van der Waals surface area (Å²) in [7, 11) is 4.01. The van der Waals surface area contributed by atoms with E-state index in [0.29, 0.717) is 18.5 Å². The van der Waals surface area contributed by atoms with Gasteiger partial charge in [-0.05, 0) is 30.7 Å². The van der Waals surface area contributed by atoms with Gasteiger partial charge in [-0.15, -0.1) is 0 Å². The Morgan fingerprint density at radius 3 is 2.52 bits per heavy atom. The number of benzene rings is 1. The van der Waals surface area contributed by atoms with Crippen LogP contribution >= 0.6 is 11.6 Å². The molecule has 1 fully saturated rings. The van der Waals surface area contributed by atoms with Gasteiger partial charge in [-0.2, -0.15) is 0 Å². The van der Waals surface area contributed by atoms with Gasteiger partial charge in [-0.25, -0.2) is 0 Å². The van der Waals surface area contributed by atoms with Crippen molar-refractivity contribution in [2.45, 2.75) is 26.4 Å². The first-order valence-electron chi connectivity index (χ1n) is 9.11. The number of rotatable bonds is 6. The SMILES string of the molecule is CN=C(NCc1cccc(Cl)c1)NCC(C(C)C)N1CCN(C)CC1. The maximum Gasteiger partial charge on any atom is 0.191 e. The highest BCUT2D eigenvalue weighted by Gasteiger charge is 2.24. The van der Waals surface area contributed by atoms with Gasteiger partial charge >= 0.3 is 0 Å². The van der Waals surface area contributed by atoms with E-state index in [9.17, 15) is 0 Å². The van der Waals surface area contributed by atoms with Gasteiger partial charge in [0.1, 0.15) is 0 Å². The molecule has 1 heterocycles. The second-order valence-corrected chi connectivity index (χ2v) is 7.52. The summed E-state index contributed by atoms with van der Waals surface area (Å²) >= 11 is 6.05. The van der Waals surface area contributed by atoms with E-state index in [1.807, 2.05) is 25.2 Å². The van der Waals surface area contributed by atoms with Gasteiger partial charge in [0.25, 0.3) is 0 Å². The third-order valence-electron chi connectivity index (χ3n) is 4.83. The summed E-state index contributed by atoms with van der Waals surface area (Å²) in [6.45, 7) is 10.8. The number of halogens is 1. The molecule has 140 valence electrons. The number of piperazine rings is 1. The fourth-order valence-electron chi connectivity index (χ4n) is 3.19. The lowest BCUT2D eigenvalue weighted by Gasteiger charge is -2.40. The van der Waals surface area contributed by atoms with Crippen LogP contribution in [0.3, 0.4) is 0 Å². The van der Waals surface area contributed by atoms with Crippen molar-refractivity contribution in [1.82, 2.24) is 20.4 Å². The molecular weight excluding hydrogens is 334 g/mol. The first kappa shape index (κ1) is 20.0. The van der Waals surface area contributed by atoms with Crippen molar-refractivity contribution >= 4 is 17.6 Å². The summed E-state index contributed by atoms with van der Waals surface area (Å²) in [6.07, 6.45) is 0. The molecule has 2 rings (SSSR count). The van der Waals surface area contributed by atoms with E-state index >= 15 is 0 Å². The van der Waals surface area contributed by atoms with E-state index < -0.39 is 0 Å². The van der Waals surface area contributed by atoms with E-state index in [2.05, 4.69) is 52.4 Å². The van der Waals surface area contributed by atoms with Crippen LogP contribution in [-0.4, -0.2) is 68.6 Å². The van der Waals surface area contributed by atoms with Gasteiger partial charge in [0, 0.05) is 57.4 Å². The third kappa shape index (κ3) is 6.49. The summed E-state index contributed by atoms with van der Waals surface area (Å²) in [5.41, 5.74) is 1.15. The molecule has 6 heteroatoms. The quantitative estimate of drug-likeness (QED) is 0.599. The smallest absolute Gasteiger partial charge is 0.191 e. The van der Waals surface area contributed by atoms with Crippen LogP contribution in [0.1, 0.15) is 19.4 Å². The molecular formula is C19H32ClN5. The van der Waals surface area contributed by atoms with Crippen molar-refractivity contribution in [3.05, 3.63) is 34.9 Å². The highest BCUT2D eigenvalue weighted by atomic mass is 35.5. The minimum absolute atomic E-state index is 0.512. The monoisotopic (exact) mass is 365 g/mol. The van der Waals surface area contributed by atoms with Crippen molar-refractivity contribution in [2.24, 2.45) is 10.9 Å². The molecule has 1 atom stereocenters. The van der Waals surface area contributed by atoms with Crippen LogP contribution in [0, 0.1) is 5.92 Å². The standard InChI is InChI=1S/C19H32ClN5/c1-15(2)18(25-10-8-24(4)9-11-25)14-23-19(21-3)22-13-16-6-5-7-17(20)12-16/h5-7,12,15,18H,8-11,13-14H2,1-4H3,(H2,21,22,23). The van der Waals surface area contributed by atoms with Gasteiger partial charge in [0.2, 0.25) is 0 Å². The topological polar surface area (TPSA) is 42.9 Å². The Morgan fingerprint density at radius 2 is 1.92 bits per heavy atom. The Hall–Kier alpha value is -1.30. The number of aliphatic imine (C=N–C) groups is 1. The largest absolute Gasteiger partial charge is 0.355 e. The van der Waals surface area contributed by atoms with E-state index in [4.69, 9.17) is 11.6 Å². The zero-order chi connectivity index (χ0) is 18.2. The third-order valence-corrected chi connectivity index (χ3v) is 5.06. The molecule has 0 spiro atoms. The zero-order valence-corrected chi connectivity index (χ0v) is 16.7. The van der Waals surface area contributed by atoms with E-state index in [-0.39, 0.29) is 0 Å². The highest BCUT2D eigenvalue weighted by molar-refractivity contribution is 6.30. The van der Waals surface area contributed by atoms with E-state index in [1.165, 1.54) is 0 Å². The van der Waals surface area contributed by atoms with Gasteiger partial charge in [-0.3, -0.25) is 9.89 Å².